The van der Waals surface area contributed by atoms with Crippen LogP contribution in [0.5, 0.6) is 0 Å². The molecule has 3 heterocycles. The van der Waals surface area contributed by atoms with Gasteiger partial charge in [-0.15, -0.1) is 0 Å². The predicted molar refractivity (Wildman–Crippen MR) is 123 cm³/mol. The van der Waals surface area contributed by atoms with E-state index >= 15 is 0 Å². The maximum atomic E-state index is 2.54. The molecule has 0 aliphatic heterocycles. The lowest BCUT2D eigenvalue weighted by Gasteiger charge is -2.16. The Hall–Kier alpha value is -3.13. The van der Waals surface area contributed by atoms with Crippen molar-refractivity contribution in [1.82, 2.24) is 4.40 Å². The molecule has 0 fully saturated rings. The fraction of sp³-hybridized carbons (Fsp3) is 0.222. The molecule has 0 saturated carbocycles. The van der Waals surface area contributed by atoms with Crippen LogP contribution in [-0.2, 0) is 7.05 Å². The lowest BCUT2D eigenvalue weighted by atomic mass is 9.94. The molecule has 0 unspecified atom stereocenters. The molecular formula is C27H25N2+. The average molecular weight is 378 g/mol. The number of para-hydroxylation sites is 1. The second kappa shape index (κ2) is 5.48. The molecule has 6 aromatic rings. The van der Waals surface area contributed by atoms with Crippen molar-refractivity contribution in [3.8, 4) is 0 Å². The molecule has 3 aromatic heterocycles. The van der Waals surface area contributed by atoms with E-state index in [2.05, 4.69) is 98.4 Å². The highest BCUT2D eigenvalue weighted by Gasteiger charge is 2.25. The Kier molecular flexibility index (Phi) is 3.17. The van der Waals surface area contributed by atoms with E-state index in [1.807, 2.05) is 0 Å². The fourth-order valence-electron chi connectivity index (χ4n) is 5.38. The highest BCUT2D eigenvalue weighted by molar-refractivity contribution is 6.26. The summed E-state index contributed by atoms with van der Waals surface area (Å²) in [7, 11) is 2.18. The number of aryl methyl sites for hydroxylation is 3. The molecule has 0 radical (unpaired) electrons. The van der Waals surface area contributed by atoms with Crippen molar-refractivity contribution >= 4 is 49.0 Å². The molecule has 3 aromatic carbocycles. The number of aromatic nitrogens is 2. The van der Waals surface area contributed by atoms with Gasteiger partial charge in [-0.25, -0.2) is 0 Å². The normalized spacial score (nSPS) is 12.6. The Morgan fingerprint density at radius 3 is 2.41 bits per heavy atom. The van der Waals surface area contributed by atoms with Crippen LogP contribution < -0.4 is 4.57 Å². The predicted octanol–water partition coefficient (Wildman–Crippen LogP) is 6.55. The summed E-state index contributed by atoms with van der Waals surface area (Å²) in [5.74, 6) is 0.469. The summed E-state index contributed by atoms with van der Waals surface area (Å²) in [5, 5.41) is 6.80. The molecule has 142 valence electrons. The largest absolute Gasteiger partial charge is 0.303 e. The van der Waals surface area contributed by atoms with Gasteiger partial charge in [0.15, 0.2) is 6.20 Å². The van der Waals surface area contributed by atoms with Crippen molar-refractivity contribution in [2.75, 3.05) is 0 Å². The molecular weight excluding hydrogens is 352 g/mol. The highest BCUT2D eigenvalue weighted by Crippen LogP contribution is 2.42. The Balaban J connectivity index is 2.12. The van der Waals surface area contributed by atoms with E-state index < -0.39 is 0 Å². The van der Waals surface area contributed by atoms with Crippen molar-refractivity contribution in [1.29, 1.82) is 0 Å². The summed E-state index contributed by atoms with van der Waals surface area (Å²) < 4.78 is 4.85. The first-order valence-electron chi connectivity index (χ1n) is 10.5. The molecule has 6 rings (SSSR count). The first-order chi connectivity index (χ1) is 14.0. The molecule has 0 N–H and O–H groups in total. The number of pyridine rings is 2. The Morgan fingerprint density at radius 2 is 1.62 bits per heavy atom. The van der Waals surface area contributed by atoms with Gasteiger partial charge in [0.05, 0.1) is 16.4 Å². The minimum atomic E-state index is 0.469. The van der Waals surface area contributed by atoms with E-state index in [9.17, 15) is 0 Å². The zero-order chi connectivity index (χ0) is 20.0. The number of fused-ring (bicyclic) bond motifs is 5. The van der Waals surface area contributed by atoms with E-state index in [0.29, 0.717) is 5.92 Å². The van der Waals surface area contributed by atoms with Gasteiger partial charge in [-0.05, 0) is 47.9 Å². The van der Waals surface area contributed by atoms with Gasteiger partial charge in [-0.1, -0.05) is 50.2 Å². The van der Waals surface area contributed by atoms with Gasteiger partial charge in [0.25, 0.3) is 0 Å². The zero-order valence-electron chi connectivity index (χ0n) is 17.7. The number of rotatable bonds is 1. The van der Waals surface area contributed by atoms with Crippen molar-refractivity contribution in [3.63, 3.8) is 0 Å². The van der Waals surface area contributed by atoms with Crippen LogP contribution in [0, 0.1) is 13.8 Å². The van der Waals surface area contributed by atoms with E-state index in [-0.39, 0.29) is 0 Å². The van der Waals surface area contributed by atoms with Crippen LogP contribution in [0.4, 0.5) is 0 Å². The van der Waals surface area contributed by atoms with E-state index in [1.54, 1.807) is 0 Å². The standard InChI is InChI=1S/C27H25N2/c1-15(2)19-9-7-10-20-21-12-13-28(5)27-23-17(4)16(3)14-18-8-6-11-22(24(18)23)29(25(19)20)26(21)27/h6-15H,1-5H3/q+1. The highest BCUT2D eigenvalue weighted by atomic mass is 15.0. The number of hydrogen-bond acceptors (Lipinski definition) is 0. The third-order valence-corrected chi connectivity index (χ3v) is 6.86. The van der Waals surface area contributed by atoms with Gasteiger partial charge in [-0.2, -0.15) is 4.57 Å². The second-order valence-electron chi connectivity index (χ2n) is 8.84. The van der Waals surface area contributed by atoms with Crippen LogP contribution in [0.3, 0.4) is 0 Å². The van der Waals surface area contributed by atoms with E-state index in [1.165, 1.54) is 65.7 Å². The number of benzene rings is 3. The number of nitrogens with zero attached hydrogens (tertiary/aromatic N) is 2. The second-order valence-corrected chi connectivity index (χ2v) is 8.84. The Morgan fingerprint density at radius 1 is 0.862 bits per heavy atom. The Bertz CT molecular complexity index is 1600. The van der Waals surface area contributed by atoms with E-state index in [4.69, 9.17) is 0 Å². The van der Waals surface area contributed by atoms with Gasteiger partial charge >= 0.3 is 0 Å². The molecule has 0 saturated heterocycles. The number of hydrogen-bond donors (Lipinski definition) is 0. The van der Waals surface area contributed by atoms with Crippen molar-refractivity contribution in [3.05, 3.63) is 71.4 Å². The lowest BCUT2D eigenvalue weighted by Crippen LogP contribution is -2.29. The molecule has 2 heteroatoms. The van der Waals surface area contributed by atoms with Crippen LogP contribution in [0.15, 0.2) is 54.7 Å². The molecule has 0 bridgehead atoms. The summed E-state index contributed by atoms with van der Waals surface area (Å²) >= 11 is 0. The summed E-state index contributed by atoms with van der Waals surface area (Å²) in [4.78, 5) is 0. The minimum absolute atomic E-state index is 0.469. The molecule has 0 spiro atoms. The quantitative estimate of drug-likeness (QED) is 0.174. The van der Waals surface area contributed by atoms with Gasteiger partial charge < -0.3 is 4.40 Å². The maximum absolute atomic E-state index is 2.54. The van der Waals surface area contributed by atoms with Crippen LogP contribution in [0.1, 0.15) is 36.5 Å². The SMILES string of the molecule is Cc1cc2cccc3c2c(c1C)c1c2c(cc[n+]1C)c1cccc(C(C)C)c1n32. The van der Waals surface area contributed by atoms with Crippen molar-refractivity contribution in [2.24, 2.45) is 7.05 Å². The van der Waals surface area contributed by atoms with E-state index in [0.717, 1.165) is 0 Å². The molecule has 2 nitrogen and oxygen atoms in total. The monoisotopic (exact) mass is 377 g/mol. The summed E-state index contributed by atoms with van der Waals surface area (Å²) in [6.45, 7) is 9.10. The topological polar surface area (TPSA) is 8.29 Å². The summed E-state index contributed by atoms with van der Waals surface area (Å²) in [6.07, 6.45) is 2.23. The molecule has 0 aliphatic rings. The van der Waals surface area contributed by atoms with Crippen molar-refractivity contribution < 1.29 is 4.57 Å². The maximum Gasteiger partial charge on any atom is 0.238 e. The molecule has 0 amide bonds. The molecule has 29 heavy (non-hydrogen) atoms. The van der Waals surface area contributed by atoms with Gasteiger partial charge in [0, 0.05) is 22.2 Å². The molecule has 0 atom stereocenters. The zero-order valence-corrected chi connectivity index (χ0v) is 17.7. The third-order valence-electron chi connectivity index (χ3n) is 6.86. The fourth-order valence-corrected chi connectivity index (χ4v) is 5.38. The van der Waals surface area contributed by atoms with Gasteiger partial charge in [0.1, 0.15) is 12.6 Å². The van der Waals surface area contributed by atoms with Crippen LogP contribution >= 0.6 is 0 Å². The van der Waals surface area contributed by atoms with Gasteiger partial charge in [0.2, 0.25) is 5.52 Å². The smallest absolute Gasteiger partial charge is 0.238 e. The third kappa shape index (κ3) is 1.94. The lowest BCUT2D eigenvalue weighted by molar-refractivity contribution is -0.644. The molecule has 0 aliphatic carbocycles. The summed E-state index contributed by atoms with van der Waals surface area (Å²) in [5.41, 5.74) is 9.50. The van der Waals surface area contributed by atoms with Crippen LogP contribution in [-0.4, -0.2) is 4.40 Å². The Labute approximate surface area is 170 Å². The van der Waals surface area contributed by atoms with Crippen LogP contribution in [0.25, 0.3) is 49.0 Å². The first-order valence-corrected chi connectivity index (χ1v) is 10.5. The first kappa shape index (κ1) is 16.8. The van der Waals surface area contributed by atoms with Crippen LogP contribution in [0.2, 0.25) is 0 Å². The minimum Gasteiger partial charge on any atom is -0.303 e. The average Bonchev–Trinajstić information content (AvgIpc) is 3.04. The van der Waals surface area contributed by atoms with Crippen molar-refractivity contribution in [2.45, 2.75) is 33.6 Å². The summed E-state index contributed by atoms with van der Waals surface area (Å²) in [6, 6.07) is 18.2. The van der Waals surface area contributed by atoms with Gasteiger partial charge in [-0.3, -0.25) is 0 Å².